The van der Waals surface area contributed by atoms with E-state index >= 15 is 0 Å². The molecular weight excluding hydrogens is 472 g/mol. The van der Waals surface area contributed by atoms with Crippen LogP contribution in [0.2, 0.25) is 0 Å². The summed E-state index contributed by atoms with van der Waals surface area (Å²) in [6.07, 6.45) is 0. The lowest BCUT2D eigenvalue weighted by Crippen LogP contribution is -2.25. The van der Waals surface area contributed by atoms with Crippen molar-refractivity contribution in [2.45, 2.75) is 11.8 Å². The third-order valence-electron chi connectivity index (χ3n) is 4.94. The minimum Gasteiger partial charge on any atom is -0.744 e. The number of nitrogens with zero attached hydrogens (tertiary/aromatic N) is 4. The van der Waals surface area contributed by atoms with E-state index in [0.717, 1.165) is 38.0 Å². The summed E-state index contributed by atoms with van der Waals surface area (Å²) >= 11 is 1.60. The van der Waals surface area contributed by atoms with Gasteiger partial charge in [0.05, 0.1) is 28.9 Å². The van der Waals surface area contributed by atoms with E-state index in [2.05, 4.69) is 15.1 Å². The highest BCUT2D eigenvalue weighted by Crippen LogP contribution is 2.30. The van der Waals surface area contributed by atoms with E-state index in [0.29, 0.717) is 0 Å². The second-order valence-electron chi connectivity index (χ2n) is 7.66. The van der Waals surface area contributed by atoms with Crippen LogP contribution in [0.25, 0.3) is 10.2 Å². The fraction of sp³-hybridized carbons (Fsp3) is 0.208. The molecule has 0 aliphatic carbocycles. The summed E-state index contributed by atoms with van der Waals surface area (Å²) in [5, 5.41) is 9.59. The first-order chi connectivity index (χ1) is 16.1. The van der Waals surface area contributed by atoms with Crippen molar-refractivity contribution in [3.8, 4) is 5.75 Å². The van der Waals surface area contributed by atoms with Gasteiger partial charge < -0.3 is 14.2 Å². The number of methoxy groups -OCH3 is 1. The number of benzene rings is 3. The number of fused-ring (bicyclic) bond motifs is 1. The van der Waals surface area contributed by atoms with Gasteiger partial charge in [0.1, 0.15) is 27.1 Å². The van der Waals surface area contributed by atoms with Gasteiger partial charge in [-0.3, -0.25) is 0 Å². The molecule has 1 aromatic heterocycles. The van der Waals surface area contributed by atoms with Crippen LogP contribution in [0.1, 0.15) is 5.56 Å². The molecule has 3 aromatic carbocycles. The van der Waals surface area contributed by atoms with Crippen molar-refractivity contribution in [2.24, 2.45) is 17.3 Å². The maximum absolute atomic E-state index is 10.4. The van der Waals surface area contributed by atoms with Crippen LogP contribution < -0.4 is 14.2 Å². The molecule has 34 heavy (non-hydrogen) atoms. The number of ether oxygens (including phenoxy) is 1. The predicted molar refractivity (Wildman–Crippen MR) is 134 cm³/mol. The van der Waals surface area contributed by atoms with Crippen molar-refractivity contribution in [3.05, 3.63) is 72.3 Å². The molecule has 8 nitrogen and oxygen atoms in total. The zero-order valence-electron chi connectivity index (χ0n) is 19.6. The zero-order valence-corrected chi connectivity index (χ0v) is 21.2. The summed E-state index contributed by atoms with van der Waals surface area (Å²) in [6.45, 7) is 1.82. The number of thiazole rings is 1. The Kier molecular flexibility index (Phi) is 7.98. The fourth-order valence-electron chi connectivity index (χ4n) is 2.96. The highest BCUT2D eigenvalue weighted by molar-refractivity contribution is 7.85. The van der Waals surface area contributed by atoms with Gasteiger partial charge in [-0.15, -0.1) is 0 Å². The lowest BCUT2D eigenvalue weighted by molar-refractivity contribution is -0.627. The van der Waals surface area contributed by atoms with Gasteiger partial charge in [-0.05, 0) is 71.9 Å². The SMILES string of the molecule is COc1ccc2c(c1)sc(/N=N/c1ccc(N(C)C)cc1)[n+]2C.Cc1ccc(S(=O)(=O)[O-])cc1. The first-order valence-electron chi connectivity index (χ1n) is 10.3. The first-order valence-corrected chi connectivity index (χ1v) is 12.5. The molecule has 4 aromatic rings. The molecule has 0 fully saturated rings. The van der Waals surface area contributed by atoms with E-state index in [-0.39, 0.29) is 4.90 Å². The fourth-order valence-corrected chi connectivity index (χ4v) is 4.43. The number of hydrogen-bond acceptors (Lipinski definition) is 8. The molecule has 0 radical (unpaired) electrons. The lowest BCUT2D eigenvalue weighted by Gasteiger charge is -2.11. The van der Waals surface area contributed by atoms with E-state index in [1.54, 1.807) is 30.6 Å². The summed E-state index contributed by atoms with van der Waals surface area (Å²) < 4.78 is 39.6. The van der Waals surface area contributed by atoms with Gasteiger partial charge in [0.25, 0.3) is 0 Å². The zero-order chi connectivity index (χ0) is 24.9. The Morgan fingerprint density at radius 1 is 0.971 bits per heavy atom. The molecule has 1 heterocycles. The summed E-state index contributed by atoms with van der Waals surface area (Å²) in [5.74, 6) is 0.849. The van der Waals surface area contributed by atoms with Crippen molar-refractivity contribution in [1.82, 2.24) is 0 Å². The number of hydrogen-bond donors (Lipinski definition) is 0. The monoisotopic (exact) mass is 498 g/mol. The molecule has 0 bridgehead atoms. The molecule has 0 saturated heterocycles. The Balaban J connectivity index is 0.000000248. The molecule has 0 atom stereocenters. The van der Waals surface area contributed by atoms with Gasteiger partial charge in [0.15, 0.2) is 0 Å². The van der Waals surface area contributed by atoms with Gasteiger partial charge in [-0.1, -0.05) is 17.7 Å². The number of azo groups is 1. The van der Waals surface area contributed by atoms with E-state index in [9.17, 15) is 13.0 Å². The predicted octanol–water partition coefficient (Wildman–Crippen LogP) is 5.11. The van der Waals surface area contributed by atoms with Crippen molar-refractivity contribution in [3.63, 3.8) is 0 Å². The van der Waals surface area contributed by atoms with Gasteiger partial charge in [-0.25, -0.2) is 13.0 Å². The molecule has 10 heteroatoms. The average Bonchev–Trinajstić information content (AvgIpc) is 3.12. The van der Waals surface area contributed by atoms with E-state index in [1.165, 1.54) is 12.1 Å². The van der Waals surface area contributed by atoms with Crippen LogP contribution in [0.5, 0.6) is 5.75 Å². The normalized spacial score (nSPS) is 11.4. The molecule has 0 saturated carbocycles. The van der Waals surface area contributed by atoms with Crippen LogP contribution in [0.15, 0.2) is 81.9 Å². The Hall–Kier alpha value is -3.34. The van der Waals surface area contributed by atoms with E-state index in [4.69, 9.17) is 4.74 Å². The van der Waals surface area contributed by atoms with Crippen molar-refractivity contribution < 1.29 is 22.3 Å². The Labute approximate surface area is 203 Å². The quantitative estimate of drug-likeness (QED) is 0.216. The van der Waals surface area contributed by atoms with Crippen LogP contribution in [-0.4, -0.2) is 34.2 Å². The van der Waals surface area contributed by atoms with E-state index in [1.807, 2.05) is 75.1 Å². The number of anilines is 1. The first kappa shape index (κ1) is 25.3. The lowest BCUT2D eigenvalue weighted by atomic mass is 10.2. The number of aromatic nitrogens is 1. The van der Waals surface area contributed by atoms with Crippen molar-refractivity contribution in [1.29, 1.82) is 0 Å². The van der Waals surface area contributed by atoms with Gasteiger partial charge in [0, 0.05) is 25.8 Å². The average molecular weight is 499 g/mol. The van der Waals surface area contributed by atoms with E-state index < -0.39 is 10.1 Å². The molecule has 0 aliphatic rings. The van der Waals surface area contributed by atoms with Crippen LogP contribution in [-0.2, 0) is 17.2 Å². The summed E-state index contributed by atoms with van der Waals surface area (Å²) in [7, 11) is 3.43. The molecular formula is C24H26N4O4S2. The summed E-state index contributed by atoms with van der Waals surface area (Å²) in [6, 6.07) is 19.8. The molecule has 0 amide bonds. The smallest absolute Gasteiger partial charge is 0.409 e. The van der Waals surface area contributed by atoms with Gasteiger partial charge in [-0.2, -0.15) is 0 Å². The maximum atomic E-state index is 10.4. The standard InChI is InChI=1S/C17H19N4OS.C7H8O3S/c1-20(2)13-7-5-12(6-8-13)18-19-17-21(3)15-10-9-14(22-4)11-16(15)23-17;1-6-2-4-7(5-3-6)11(8,9)10/h5-11H,1-4H3;2-5H,1H3,(H,8,9,10)/q+1;/p-1. The molecule has 0 N–H and O–H groups in total. The Morgan fingerprint density at radius 2 is 1.62 bits per heavy atom. The second kappa shape index (κ2) is 10.7. The minimum atomic E-state index is -4.27. The Bertz CT molecular complexity index is 1400. The summed E-state index contributed by atoms with van der Waals surface area (Å²) in [5.41, 5.74) is 4.03. The molecule has 178 valence electrons. The van der Waals surface area contributed by atoms with Gasteiger partial charge in [0.2, 0.25) is 0 Å². The molecule has 4 rings (SSSR count). The van der Waals surface area contributed by atoms with Crippen LogP contribution in [0, 0.1) is 6.92 Å². The minimum absolute atomic E-state index is 0.178. The number of aryl methyl sites for hydroxylation is 2. The Morgan fingerprint density at radius 3 is 2.18 bits per heavy atom. The largest absolute Gasteiger partial charge is 0.744 e. The summed E-state index contributed by atoms with van der Waals surface area (Å²) in [4.78, 5) is 1.88. The van der Waals surface area contributed by atoms with Gasteiger partial charge >= 0.3 is 5.13 Å². The molecule has 0 unspecified atom stereocenters. The second-order valence-corrected chi connectivity index (χ2v) is 10.0. The topological polar surface area (TPSA) is 98.3 Å². The molecule has 0 spiro atoms. The third kappa shape index (κ3) is 6.37. The van der Waals surface area contributed by atoms with Crippen LogP contribution in [0.3, 0.4) is 0 Å². The number of rotatable bonds is 5. The highest BCUT2D eigenvalue weighted by Gasteiger charge is 2.16. The highest BCUT2D eigenvalue weighted by atomic mass is 32.2. The van der Waals surface area contributed by atoms with Crippen molar-refractivity contribution >= 4 is 48.2 Å². The maximum Gasteiger partial charge on any atom is 0.409 e. The van der Waals surface area contributed by atoms with Crippen molar-refractivity contribution in [2.75, 3.05) is 26.1 Å². The van der Waals surface area contributed by atoms with Crippen LogP contribution in [0.4, 0.5) is 16.5 Å². The third-order valence-corrected chi connectivity index (χ3v) is 6.88. The molecule has 0 aliphatic heterocycles. The van der Waals surface area contributed by atoms with Crippen LogP contribution >= 0.6 is 11.3 Å².